The lowest BCUT2D eigenvalue weighted by Crippen LogP contribution is -2.44. The maximum absolute atomic E-state index is 12.6. The molecule has 0 unspecified atom stereocenters. The van der Waals surface area contributed by atoms with Gasteiger partial charge in [-0.2, -0.15) is 0 Å². The number of hydrogen-bond donors (Lipinski definition) is 3. The first kappa shape index (κ1) is 23.3. The minimum atomic E-state index is -1.07. The first-order chi connectivity index (χ1) is 13.4. The molecule has 7 nitrogen and oxygen atoms in total. The average molecular weight is 387 g/mol. The van der Waals surface area contributed by atoms with Gasteiger partial charge in [-0.3, -0.25) is 10.2 Å². The summed E-state index contributed by atoms with van der Waals surface area (Å²) >= 11 is 0. The van der Waals surface area contributed by atoms with E-state index in [-0.39, 0.29) is 5.92 Å². The number of aliphatic carboxylic acids is 1. The first-order valence-electron chi connectivity index (χ1n) is 9.20. The zero-order chi connectivity index (χ0) is 20.9. The predicted molar refractivity (Wildman–Crippen MR) is 109 cm³/mol. The molecule has 0 fully saturated rings. The molecule has 0 saturated carbocycles. The van der Waals surface area contributed by atoms with E-state index in [1.165, 1.54) is 7.48 Å². The van der Waals surface area contributed by atoms with Gasteiger partial charge < -0.3 is 19.8 Å². The largest absolute Gasteiger partial charge is 0.555 e. The van der Waals surface area contributed by atoms with Crippen molar-refractivity contribution >= 4 is 25.8 Å². The van der Waals surface area contributed by atoms with Gasteiger partial charge in [0.15, 0.2) is 0 Å². The minimum Gasteiger partial charge on any atom is -0.555 e. The van der Waals surface area contributed by atoms with Crippen LogP contribution in [0.5, 0.6) is 5.75 Å². The lowest BCUT2D eigenvalue weighted by Gasteiger charge is -2.20. The molecule has 0 aliphatic carbocycles. The van der Waals surface area contributed by atoms with Crippen LogP contribution in [0.25, 0.3) is 0 Å². The number of benzene rings is 1. The van der Waals surface area contributed by atoms with Gasteiger partial charge in [-0.25, -0.2) is 4.79 Å². The molecule has 28 heavy (non-hydrogen) atoms. The van der Waals surface area contributed by atoms with E-state index in [1.54, 1.807) is 6.08 Å². The average Bonchev–Trinajstić information content (AvgIpc) is 2.65. The fraction of sp³-hybridized carbons (Fsp3) is 0.450. The number of carbonyl (C=O) groups excluding carboxylic acids is 1. The van der Waals surface area contributed by atoms with Gasteiger partial charge in [0.1, 0.15) is 18.2 Å². The molecule has 1 aromatic carbocycles. The molecule has 0 aliphatic heterocycles. The Balaban J connectivity index is 2.77. The quantitative estimate of drug-likeness (QED) is 0.150. The third kappa shape index (κ3) is 8.75. The lowest BCUT2D eigenvalue weighted by molar-refractivity contribution is -0.142. The van der Waals surface area contributed by atoms with Crippen LogP contribution in [0.2, 0.25) is 5.82 Å². The zero-order valence-electron chi connectivity index (χ0n) is 16.4. The molecule has 0 bridgehead atoms. The van der Waals surface area contributed by atoms with Crippen LogP contribution in [0.15, 0.2) is 36.9 Å². The molecule has 8 heteroatoms. The molecule has 3 N–H and O–H groups in total. The second kappa shape index (κ2) is 12.6. The number of hydrogen-bond acceptors (Lipinski definition) is 5. The van der Waals surface area contributed by atoms with Crippen LogP contribution in [0.4, 0.5) is 0 Å². The topological polar surface area (TPSA) is 109 Å². The van der Waals surface area contributed by atoms with Crippen LogP contribution >= 0.6 is 0 Å². The Morgan fingerprint density at radius 2 is 2.00 bits per heavy atom. The van der Waals surface area contributed by atoms with Crippen molar-refractivity contribution in [2.45, 2.75) is 45.0 Å². The number of rotatable bonds is 14. The molecule has 2 atom stereocenters. The van der Waals surface area contributed by atoms with E-state index in [1.807, 2.05) is 38.1 Å². The van der Waals surface area contributed by atoms with Crippen molar-refractivity contribution in [3.63, 3.8) is 0 Å². The van der Waals surface area contributed by atoms with E-state index in [9.17, 15) is 14.7 Å². The van der Waals surface area contributed by atoms with Gasteiger partial charge in [-0.15, -0.1) is 6.58 Å². The lowest BCUT2D eigenvalue weighted by atomic mass is 9.75. The van der Waals surface area contributed by atoms with Crippen LogP contribution < -0.4 is 10.1 Å². The summed E-state index contributed by atoms with van der Waals surface area (Å²) in [7, 11) is 1.24. The maximum atomic E-state index is 12.6. The summed E-state index contributed by atoms with van der Waals surface area (Å²) in [6, 6.07) is 6.33. The highest BCUT2D eigenvalue weighted by Gasteiger charge is 2.28. The standard InChI is InChI=1S/C20H28BN2O5/c1-4-5-10-27-16-8-6-15(7-9-16)12-17(21-28-13-22)19(24)23-18(20(25)26)11-14(2)3/h4,6-9,13-14,17-18,22H,1,5,10-12H2,2-3H3,(H,23,24)(H,25,26)/t17-,18-/m0/s1. The molecule has 0 heterocycles. The summed E-state index contributed by atoms with van der Waals surface area (Å²) in [6.45, 7) is 7.97. The van der Waals surface area contributed by atoms with Crippen LogP contribution in [0, 0.1) is 11.3 Å². The van der Waals surface area contributed by atoms with E-state index in [4.69, 9.17) is 14.8 Å². The summed E-state index contributed by atoms with van der Waals surface area (Å²) in [5, 5.41) is 18.9. The van der Waals surface area contributed by atoms with E-state index < -0.39 is 23.7 Å². The van der Waals surface area contributed by atoms with Crippen molar-refractivity contribution in [2.75, 3.05) is 6.61 Å². The zero-order valence-corrected chi connectivity index (χ0v) is 16.4. The van der Waals surface area contributed by atoms with Crippen molar-refractivity contribution in [1.82, 2.24) is 5.32 Å². The van der Waals surface area contributed by atoms with E-state index in [0.29, 0.717) is 25.2 Å². The van der Waals surface area contributed by atoms with Crippen LogP contribution in [-0.2, 0) is 20.7 Å². The fourth-order valence-electron chi connectivity index (χ4n) is 2.54. The molecular formula is C20H28BN2O5. The van der Waals surface area contributed by atoms with Gasteiger partial charge in [0.2, 0.25) is 5.91 Å². The Morgan fingerprint density at radius 1 is 1.32 bits per heavy atom. The van der Waals surface area contributed by atoms with Gasteiger partial charge >= 0.3 is 13.5 Å². The minimum absolute atomic E-state index is 0.121. The third-order valence-corrected chi connectivity index (χ3v) is 3.94. The van der Waals surface area contributed by atoms with Crippen LogP contribution in [0.1, 0.15) is 32.3 Å². The Kier molecular flexibility index (Phi) is 10.5. The maximum Gasteiger partial charge on any atom is 0.384 e. The van der Waals surface area contributed by atoms with E-state index in [2.05, 4.69) is 11.9 Å². The number of carboxylic acids is 1. The molecule has 1 aromatic rings. The molecule has 1 amide bonds. The second-order valence-corrected chi connectivity index (χ2v) is 6.80. The van der Waals surface area contributed by atoms with Crippen LogP contribution in [0.3, 0.4) is 0 Å². The Morgan fingerprint density at radius 3 is 2.54 bits per heavy atom. The SMILES string of the molecule is C=CCCOc1ccc(C[C@H]([B]OC=N)C(=O)N[C@@H](CC(C)C)C(=O)O)cc1. The van der Waals surface area contributed by atoms with E-state index >= 15 is 0 Å². The number of amides is 1. The number of nitrogens with one attached hydrogen (secondary N) is 2. The Hall–Kier alpha value is -2.77. The molecular weight excluding hydrogens is 359 g/mol. The summed E-state index contributed by atoms with van der Waals surface area (Å²) < 4.78 is 10.4. The summed E-state index contributed by atoms with van der Waals surface area (Å²) in [5.74, 6) is -1.43. The van der Waals surface area contributed by atoms with Gasteiger partial charge in [-0.05, 0) is 42.9 Å². The van der Waals surface area contributed by atoms with E-state index in [0.717, 1.165) is 18.4 Å². The molecule has 1 radical (unpaired) electrons. The van der Waals surface area contributed by atoms with Gasteiger partial charge in [0.05, 0.1) is 12.4 Å². The number of ether oxygens (including phenoxy) is 1. The predicted octanol–water partition coefficient (Wildman–Crippen LogP) is 2.83. The monoisotopic (exact) mass is 387 g/mol. The summed E-state index contributed by atoms with van der Waals surface area (Å²) in [6.07, 6.45) is 3.89. The molecule has 0 spiro atoms. The number of carbonyl (C=O) groups is 2. The van der Waals surface area contributed by atoms with Gasteiger partial charge in [0.25, 0.3) is 0 Å². The molecule has 0 saturated heterocycles. The summed E-state index contributed by atoms with van der Waals surface area (Å²) in [4.78, 5) is 24.0. The van der Waals surface area contributed by atoms with Gasteiger partial charge in [-0.1, -0.05) is 32.1 Å². The van der Waals surface area contributed by atoms with Crippen molar-refractivity contribution in [2.24, 2.45) is 5.92 Å². The molecule has 1 rings (SSSR count). The third-order valence-electron chi connectivity index (χ3n) is 3.94. The van der Waals surface area contributed by atoms with Crippen LogP contribution in [-0.4, -0.2) is 43.5 Å². The summed E-state index contributed by atoms with van der Waals surface area (Å²) in [5.41, 5.74) is 0.858. The smallest absolute Gasteiger partial charge is 0.384 e. The number of carboxylic acid groups (broad SMARTS) is 1. The van der Waals surface area contributed by atoms with Crippen molar-refractivity contribution in [1.29, 1.82) is 5.41 Å². The highest BCUT2D eigenvalue weighted by molar-refractivity contribution is 6.39. The highest BCUT2D eigenvalue weighted by Crippen LogP contribution is 2.19. The second-order valence-electron chi connectivity index (χ2n) is 6.80. The Labute approximate surface area is 166 Å². The molecule has 0 aromatic heterocycles. The Bertz CT molecular complexity index is 649. The molecule has 151 valence electrons. The fourth-order valence-corrected chi connectivity index (χ4v) is 2.54. The van der Waals surface area contributed by atoms with Crippen molar-refractivity contribution in [3.8, 4) is 5.75 Å². The highest BCUT2D eigenvalue weighted by atomic mass is 16.5. The van der Waals surface area contributed by atoms with Crippen molar-refractivity contribution < 1.29 is 24.1 Å². The normalized spacial score (nSPS) is 12.5. The first-order valence-corrected chi connectivity index (χ1v) is 9.20. The van der Waals surface area contributed by atoms with Crippen molar-refractivity contribution in [3.05, 3.63) is 42.5 Å². The van der Waals surface area contributed by atoms with Gasteiger partial charge in [0, 0.05) is 0 Å². The molecule has 0 aliphatic rings.